The number of hydrogen-bond donors (Lipinski definition) is 2. The Morgan fingerprint density at radius 3 is 3.00 bits per heavy atom. The van der Waals surface area contributed by atoms with Gasteiger partial charge in [0.15, 0.2) is 0 Å². The third-order valence-corrected chi connectivity index (χ3v) is 2.31. The number of rotatable bonds is 3. The molecule has 3 N–H and O–H groups in total. The third-order valence-electron chi connectivity index (χ3n) is 2.31. The van der Waals surface area contributed by atoms with Crippen molar-refractivity contribution in [2.24, 2.45) is 5.73 Å². The molecule has 74 valence electrons. The maximum atomic E-state index is 11.1. The Hall–Kier alpha value is -1.06. The van der Waals surface area contributed by atoms with Crippen molar-refractivity contribution in [3.63, 3.8) is 0 Å². The van der Waals surface area contributed by atoms with Crippen molar-refractivity contribution in [1.82, 2.24) is 5.32 Å². The number of carbonyl (C=O) groups excluding carboxylic acids is 2. The summed E-state index contributed by atoms with van der Waals surface area (Å²) in [5.41, 5.74) is 5.03. The van der Waals surface area contributed by atoms with Crippen LogP contribution in [0.5, 0.6) is 0 Å². The number of nitrogens with one attached hydrogen (secondary N) is 1. The molecule has 2 amide bonds. The highest BCUT2D eigenvalue weighted by atomic mass is 16.2. The van der Waals surface area contributed by atoms with Gasteiger partial charge in [-0.25, -0.2) is 0 Å². The zero-order valence-electron chi connectivity index (χ0n) is 7.71. The lowest BCUT2D eigenvalue weighted by atomic mass is 10.1. The van der Waals surface area contributed by atoms with Gasteiger partial charge in [0.2, 0.25) is 11.8 Å². The largest absolute Gasteiger partial charge is 0.370 e. The van der Waals surface area contributed by atoms with E-state index in [1.54, 1.807) is 0 Å². The van der Waals surface area contributed by atoms with Crippen LogP contribution in [-0.4, -0.2) is 17.9 Å². The predicted octanol–water partition coefficient (Wildman–Crippen LogP) is 0.311. The van der Waals surface area contributed by atoms with Crippen LogP contribution < -0.4 is 11.1 Å². The van der Waals surface area contributed by atoms with Crippen LogP contribution in [0.1, 0.15) is 38.5 Å². The first-order valence-electron chi connectivity index (χ1n) is 4.76. The van der Waals surface area contributed by atoms with Crippen LogP contribution in [0.4, 0.5) is 0 Å². The molecule has 1 atom stereocenters. The van der Waals surface area contributed by atoms with Crippen LogP contribution in [0, 0.1) is 0 Å². The smallest absolute Gasteiger partial charge is 0.220 e. The minimum Gasteiger partial charge on any atom is -0.370 e. The van der Waals surface area contributed by atoms with E-state index in [0.29, 0.717) is 19.3 Å². The summed E-state index contributed by atoms with van der Waals surface area (Å²) >= 11 is 0. The molecular weight excluding hydrogens is 168 g/mol. The molecule has 1 aliphatic heterocycles. The molecule has 0 spiro atoms. The zero-order valence-corrected chi connectivity index (χ0v) is 7.71. The summed E-state index contributed by atoms with van der Waals surface area (Å²) in [6, 6.07) is 0.155. The van der Waals surface area contributed by atoms with Gasteiger partial charge in [-0.1, -0.05) is 6.42 Å². The van der Waals surface area contributed by atoms with Crippen molar-refractivity contribution in [3.8, 4) is 0 Å². The number of primary amides is 1. The van der Waals surface area contributed by atoms with Gasteiger partial charge in [0, 0.05) is 18.9 Å². The molecule has 0 radical (unpaired) electrons. The number of amides is 2. The molecule has 0 bridgehead atoms. The van der Waals surface area contributed by atoms with Gasteiger partial charge < -0.3 is 11.1 Å². The molecule has 1 heterocycles. The van der Waals surface area contributed by atoms with Gasteiger partial charge in [0.1, 0.15) is 0 Å². The lowest BCUT2D eigenvalue weighted by Crippen LogP contribution is -2.33. The first-order valence-corrected chi connectivity index (χ1v) is 4.76. The van der Waals surface area contributed by atoms with Gasteiger partial charge in [0.05, 0.1) is 0 Å². The summed E-state index contributed by atoms with van der Waals surface area (Å²) in [7, 11) is 0. The second kappa shape index (κ2) is 4.84. The van der Waals surface area contributed by atoms with E-state index in [9.17, 15) is 9.59 Å². The predicted molar refractivity (Wildman–Crippen MR) is 48.8 cm³/mol. The molecule has 1 saturated heterocycles. The molecule has 1 rings (SSSR count). The highest BCUT2D eigenvalue weighted by Crippen LogP contribution is 2.12. The van der Waals surface area contributed by atoms with E-state index < -0.39 is 0 Å². The van der Waals surface area contributed by atoms with Crippen molar-refractivity contribution >= 4 is 11.8 Å². The SMILES string of the molecule is NC(=O)CCC1CCCCC(=O)N1. The monoisotopic (exact) mass is 184 g/mol. The topological polar surface area (TPSA) is 72.2 Å². The van der Waals surface area contributed by atoms with Crippen LogP contribution in [0.3, 0.4) is 0 Å². The van der Waals surface area contributed by atoms with Crippen molar-refractivity contribution < 1.29 is 9.59 Å². The zero-order chi connectivity index (χ0) is 9.68. The lowest BCUT2D eigenvalue weighted by molar-refractivity contribution is -0.122. The molecule has 0 aromatic heterocycles. The minimum absolute atomic E-state index is 0.104. The van der Waals surface area contributed by atoms with Gasteiger partial charge in [0.25, 0.3) is 0 Å². The van der Waals surface area contributed by atoms with Crippen LogP contribution in [0.25, 0.3) is 0 Å². The summed E-state index contributed by atoms with van der Waals surface area (Å²) in [6.07, 6.45) is 4.65. The summed E-state index contributed by atoms with van der Waals surface area (Å²) in [5, 5.41) is 2.89. The summed E-state index contributed by atoms with van der Waals surface area (Å²) in [6.45, 7) is 0. The highest BCUT2D eigenvalue weighted by Gasteiger charge is 2.16. The van der Waals surface area contributed by atoms with Gasteiger partial charge >= 0.3 is 0 Å². The molecule has 1 fully saturated rings. The van der Waals surface area contributed by atoms with E-state index in [1.165, 1.54) is 0 Å². The van der Waals surface area contributed by atoms with Crippen LogP contribution in [0.15, 0.2) is 0 Å². The third kappa shape index (κ3) is 3.92. The Balaban J connectivity index is 2.30. The lowest BCUT2D eigenvalue weighted by Gasteiger charge is -2.14. The maximum Gasteiger partial charge on any atom is 0.220 e. The Kier molecular flexibility index (Phi) is 3.73. The minimum atomic E-state index is -0.293. The van der Waals surface area contributed by atoms with Crippen molar-refractivity contribution in [2.45, 2.75) is 44.6 Å². The Morgan fingerprint density at radius 1 is 1.54 bits per heavy atom. The van der Waals surface area contributed by atoms with Gasteiger partial charge in [-0.2, -0.15) is 0 Å². The molecule has 0 aliphatic carbocycles. The summed E-state index contributed by atoms with van der Waals surface area (Å²) < 4.78 is 0. The number of nitrogens with two attached hydrogens (primary N) is 1. The van der Waals surface area contributed by atoms with Gasteiger partial charge in [-0.3, -0.25) is 9.59 Å². The number of carbonyl (C=O) groups is 2. The van der Waals surface area contributed by atoms with E-state index in [0.717, 1.165) is 19.3 Å². The quantitative estimate of drug-likeness (QED) is 0.662. The fraction of sp³-hybridized carbons (Fsp3) is 0.778. The molecule has 0 saturated carbocycles. The normalized spacial score (nSPS) is 23.4. The first-order chi connectivity index (χ1) is 6.18. The van der Waals surface area contributed by atoms with E-state index in [4.69, 9.17) is 5.73 Å². The maximum absolute atomic E-state index is 11.1. The van der Waals surface area contributed by atoms with Gasteiger partial charge in [-0.15, -0.1) is 0 Å². The van der Waals surface area contributed by atoms with E-state index in [-0.39, 0.29) is 17.9 Å². The summed E-state index contributed by atoms with van der Waals surface area (Å²) in [4.78, 5) is 21.6. The van der Waals surface area contributed by atoms with Crippen LogP contribution in [0.2, 0.25) is 0 Å². The summed E-state index contributed by atoms with van der Waals surface area (Å²) in [5.74, 6) is -0.189. The van der Waals surface area contributed by atoms with Crippen molar-refractivity contribution in [2.75, 3.05) is 0 Å². The Morgan fingerprint density at radius 2 is 2.31 bits per heavy atom. The van der Waals surface area contributed by atoms with Gasteiger partial charge in [-0.05, 0) is 19.3 Å². The number of hydrogen-bond acceptors (Lipinski definition) is 2. The Bertz CT molecular complexity index is 204. The second-order valence-corrected chi connectivity index (χ2v) is 3.52. The molecule has 0 aromatic rings. The standard InChI is InChI=1S/C9H16N2O2/c10-8(12)6-5-7-3-1-2-4-9(13)11-7/h7H,1-6H2,(H2,10,12)(H,11,13). The average Bonchev–Trinajstić information content (AvgIpc) is 2.26. The van der Waals surface area contributed by atoms with Crippen molar-refractivity contribution in [1.29, 1.82) is 0 Å². The molecule has 1 aliphatic rings. The van der Waals surface area contributed by atoms with Crippen LogP contribution in [-0.2, 0) is 9.59 Å². The highest BCUT2D eigenvalue weighted by molar-refractivity contribution is 5.77. The van der Waals surface area contributed by atoms with Crippen LogP contribution >= 0.6 is 0 Å². The fourth-order valence-electron chi connectivity index (χ4n) is 1.58. The van der Waals surface area contributed by atoms with E-state index in [2.05, 4.69) is 5.32 Å². The fourth-order valence-corrected chi connectivity index (χ4v) is 1.58. The molecule has 1 unspecified atom stereocenters. The van der Waals surface area contributed by atoms with E-state index in [1.807, 2.05) is 0 Å². The van der Waals surface area contributed by atoms with E-state index >= 15 is 0 Å². The Labute approximate surface area is 77.9 Å². The molecule has 0 aromatic carbocycles. The molecule has 13 heavy (non-hydrogen) atoms. The van der Waals surface area contributed by atoms with Crippen molar-refractivity contribution in [3.05, 3.63) is 0 Å². The molecule has 4 heteroatoms. The average molecular weight is 184 g/mol. The second-order valence-electron chi connectivity index (χ2n) is 3.52. The molecule has 4 nitrogen and oxygen atoms in total. The molecular formula is C9H16N2O2. The first kappa shape index (κ1) is 10.0.